The van der Waals surface area contributed by atoms with Crippen LogP contribution in [0.1, 0.15) is 77.2 Å². The number of carboxylic acids is 1. The van der Waals surface area contributed by atoms with E-state index in [2.05, 4.69) is 6.08 Å². The van der Waals surface area contributed by atoms with Crippen LogP contribution in [0.3, 0.4) is 0 Å². The third-order valence-corrected chi connectivity index (χ3v) is 8.80. The molecule has 1 heterocycles. The minimum atomic E-state index is -0.861. The number of aliphatic carboxylic acids is 1. The van der Waals surface area contributed by atoms with Gasteiger partial charge in [-0.3, -0.25) is 19.3 Å². The van der Waals surface area contributed by atoms with Crippen molar-refractivity contribution >= 4 is 34.6 Å². The van der Waals surface area contributed by atoms with Gasteiger partial charge in [0.05, 0.1) is 24.5 Å². The normalized spacial score (nSPS) is 21.8. The molecule has 0 spiro atoms. The summed E-state index contributed by atoms with van der Waals surface area (Å²) in [7, 11) is 0. The standard InChI is InChI=1S/C34H43NO7/c1-3-9-23-19-26-32(34(42)35(33(26)41)17-8-4-5-12-30(39)40)27(20-36)31(23)29(38)15-13-21(2)18-22-14-16-28(37)25-11-7-6-10-24(22)25/h6-7,10-11,14,16,18,26-27,29,32,36-38H,3-5,8-9,12-13,15,17,19-20H2,1-2H3,(H,39,40)/b21-18+/t26-,27+,29-,32-/m1/s1. The molecular formula is C34H43NO7. The van der Waals surface area contributed by atoms with Crippen LogP contribution in [0.2, 0.25) is 0 Å². The first-order valence-corrected chi connectivity index (χ1v) is 15.1. The Morgan fingerprint density at radius 2 is 1.79 bits per heavy atom. The zero-order valence-corrected chi connectivity index (χ0v) is 24.6. The second kappa shape index (κ2) is 14.1. The number of aromatic hydroxyl groups is 1. The Kier molecular flexibility index (Phi) is 10.6. The Morgan fingerprint density at radius 3 is 2.48 bits per heavy atom. The van der Waals surface area contributed by atoms with Crippen molar-refractivity contribution in [1.82, 2.24) is 4.90 Å². The number of rotatable bonds is 14. The number of benzene rings is 2. The summed E-state index contributed by atoms with van der Waals surface area (Å²) in [6, 6.07) is 11.2. The minimum absolute atomic E-state index is 0.0610. The molecule has 8 nitrogen and oxygen atoms in total. The van der Waals surface area contributed by atoms with Crippen LogP contribution >= 0.6 is 0 Å². The van der Waals surface area contributed by atoms with E-state index < -0.39 is 29.8 Å². The fourth-order valence-corrected chi connectivity index (χ4v) is 6.80. The fourth-order valence-electron chi connectivity index (χ4n) is 6.80. The highest BCUT2D eigenvalue weighted by Gasteiger charge is 2.54. The number of allylic oxidation sites excluding steroid dienone is 2. The Morgan fingerprint density at radius 1 is 1.05 bits per heavy atom. The van der Waals surface area contributed by atoms with E-state index in [-0.39, 0.29) is 37.1 Å². The molecule has 1 fully saturated rings. The number of phenols is 1. The summed E-state index contributed by atoms with van der Waals surface area (Å²) < 4.78 is 0. The highest BCUT2D eigenvalue weighted by Crippen LogP contribution is 2.47. The van der Waals surface area contributed by atoms with Gasteiger partial charge in [0.1, 0.15) is 5.75 Å². The van der Waals surface area contributed by atoms with E-state index in [1.54, 1.807) is 6.07 Å². The second-order valence-electron chi connectivity index (χ2n) is 11.7. The Bertz CT molecular complexity index is 1380. The number of aliphatic hydroxyl groups excluding tert-OH is 2. The van der Waals surface area contributed by atoms with Crippen molar-refractivity contribution in [3.8, 4) is 5.75 Å². The molecule has 8 heteroatoms. The lowest BCUT2D eigenvalue weighted by molar-refractivity contribution is -0.141. The average molecular weight is 578 g/mol. The van der Waals surface area contributed by atoms with Crippen LogP contribution in [-0.4, -0.2) is 62.4 Å². The first-order valence-electron chi connectivity index (χ1n) is 15.1. The minimum Gasteiger partial charge on any atom is -0.507 e. The predicted molar refractivity (Wildman–Crippen MR) is 161 cm³/mol. The van der Waals surface area contributed by atoms with Crippen molar-refractivity contribution in [1.29, 1.82) is 0 Å². The van der Waals surface area contributed by atoms with Crippen LogP contribution in [0.15, 0.2) is 53.1 Å². The van der Waals surface area contributed by atoms with Gasteiger partial charge in [0.25, 0.3) is 0 Å². The molecule has 2 aromatic carbocycles. The maximum absolute atomic E-state index is 13.5. The molecule has 2 amide bonds. The predicted octanol–water partition coefficient (Wildman–Crippen LogP) is 5.44. The molecule has 0 radical (unpaired) electrons. The van der Waals surface area contributed by atoms with Gasteiger partial charge in [0.2, 0.25) is 11.8 Å². The van der Waals surface area contributed by atoms with Crippen molar-refractivity contribution in [3.05, 3.63) is 58.7 Å². The molecule has 0 unspecified atom stereocenters. The molecule has 1 saturated heterocycles. The molecule has 2 aliphatic rings. The number of imide groups is 1. The molecule has 4 rings (SSSR count). The first-order chi connectivity index (χ1) is 20.2. The molecule has 0 bridgehead atoms. The van der Waals surface area contributed by atoms with Crippen LogP contribution in [0.25, 0.3) is 16.8 Å². The molecular weight excluding hydrogens is 534 g/mol. The van der Waals surface area contributed by atoms with Gasteiger partial charge in [0, 0.05) is 24.3 Å². The number of hydrogen-bond acceptors (Lipinski definition) is 6. The summed E-state index contributed by atoms with van der Waals surface area (Å²) in [5, 5.41) is 42.8. The summed E-state index contributed by atoms with van der Waals surface area (Å²) in [5.41, 5.74) is 3.72. The van der Waals surface area contributed by atoms with Crippen molar-refractivity contribution in [3.63, 3.8) is 0 Å². The molecule has 42 heavy (non-hydrogen) atoms. The van der Waals surface area contributed by atoms with Crippen molar-refractivity contribution in [2.45, 2.75) is 77.7 Å². The van der Waals surface area contributed by atoms with Gasteiger partial charge >= 0.3 is 5.97 Å². The lowest BCUT2D eigenvalue weighted by atomic mass is 9.67. The number of aliphatic hydroxyl groups is 2. The number of unbranched alkanes of at least 4 members (excludes halogenated alkanes) is 2. The maximum atomic E-state index is 13.5. The number of amides is 2. The van der Waals surface area contributed by atoms with Crippen LogP contribution < -0.4 is 0 Å². The number of likely N-dealkylation sites (tertiary alicyclic amines) is 1. The topological polar surface area (TPSA) is 135 Å². The summed E-state index contributed by atoms with van der Waals surface area (Å²) in [6.07, 6.45) is 5.86. The van der Waals surface area contributed by atoms with Crippen molar-refractivity contribution < 1.29 is 34.8 Å². The second-order valence-corrected chi connectivity index (χ2v) is 11.7. The SMILES string of the molecule is CCCC1=C([C@H](O)CC/C(C)=C/c2ccc(O)c3ccccc23)[C@H](CO)[C@@H]2C(=O)N(CCCCCC(=O)O)C(=O)[C@@H]2C1. The van der Waals surface area contributed by atoms with Gasteiger partial charge < -0.3 is 20.4 Å². The average Bonchev–Trinajstić information content (AvgIpc) is 3.21. The molecule has 4 N–H and O–H groups in total. The van der Waals surface area contributed by atoms with E-state index in [9.17, 15) is 29.7 Å². The van der Waals surface area contributed by atoms with Gasteiger partial charge in [-0.1, -0.05) is 67.3 Å². The maximum Gasteiger partial charge on any atom is 0.303 e. The molecule has 0 saturated carbocycles. The van der Waals surface area contributed by atoms with Gasteiger partial charge in [-0.15, -0.1) is 0 Å². The number of carbonyl (C=O) groups excluding carboxylic acids is 2. The van der Waals surface area contributed by atoms with E-state index in [1.165, 1.54) is 4.90 Å². The monoisotopic (exact) mass is 577 g/mol. The van der Waals surface area contributed by atoms with Gasteiger partial charge in [-0.05, 0) is 68.0 Å². The number of nitrogens with zero attached hydrogens (tertiary/aromatic N) is 1. The van der Waals surface area contributed by atoms with E-state index in [4.69, 9.17) is 5.11 Å². The van der Waals surface area contributed by atoms with Gasteiger partial charge in [-0.2, -0.15) is 0 Å². The van der Waals surface area contributed by atoms with E-state index in [1.807, 2.05) is 44.2 Å². The molecule has 0 aromatic heterocycles. The Balaban J connectivity index is 1.49. The Hall–Kier alpha value is -3.49. The molecule has 4 atom stereocenters. The summed E-state index contributed by atoms with van der Waals surface area (Å²) >= 11 is 0. The summed E-state index contributed by atoms with van der Waals surface area (Å²) in [4.78, 5) is 38.9. The molecule has 1 aliphatic heterocycles. The van der Waals surface area contributed by atoms with Crippen LogP contribution in [-0.2, 0) is 14.4 Å². The third-order valence-electron chi connectivity index (χ3n) is 8.80. The van der Waals surface area contributed by atoms with Gasteiger partial charge in [0.15, 0.2) is 0 Å². The molecule has 2 aromatic rings. The van der Waals surface area contributed by atoms with Crippen molar-refractivity contribution in [2.24, 2.45) is 17.8 Å². The highest BCUT2D eigenvalue weighted by molar-refractivity contribution is 6.06. The van der Waals surface area contributed by atoms with Gasteiger partial charge in [-0.25, -0.2) is 0 Å². The zero-order chi connectivity index (χ0) is 30.4. The van der Waals surface area contributed by atoms with E-state index >= 15 is 0 Å². The van der Waals surface area contributed by atoms with Crippen LogP contribution in [0.5, 0.6) is 5.75 Å². The highest BCUT2D eigenvalue weighted by atomic mass is 16.4. The number of fused-ring (bicyclic) bond motifs is 2. The van der Waals surface area contributed by atoms with Crippen molar-refractivity contribution in [2.75, 3.05) is 13.2 Å². The lowest BCUT2D eigenvalue weighted by Gasteiger charge is -2.36. The lowest BCUT2D eigenvalue weighted by Crippen LogP contribution is -2.39. The molecule has 1 aliphatic carbocycles. The number of carbonyl (C=O) groups is 3. The van der Waals surface area contributed by atoms with E-state index in [0.717, 1.165) is 33.9 Å². The summed E-state index contributed by atoms with van der Waals surface area (Å²) in [6.45, 7) is 3.97. The van der Waals surface area contributed by atoms with Crippen LogP contribution in [0.4, 0.5) is 0 Å². The van der Waals surface area contributed by atoms with Crippen LogP contribution in [0, 0.1) is 17.8 Å². The largest absolute Gasteiger partial charge is 0.507 e. The third kappa shape index (κ3) is 6.76. The smallest absolute Gasteiger partial charge is 0.303 e. The summed E-state index contributed by atoms with van der Waals surface area (Å²) in [5.74, 6) is -2.98. The Labute approximate surface area is 247 Å². The number of phenolic OH excluding ortho intramolecular Hbond substituents is 1. The quantitative estimate of drug-likeness (QED) is 0.133. The zero-order valence-electron chi connectivity index (χ0n) is 24.6. The fraction of sp³-hybridized carbons (Fsp3) is 0.500. The number of hydrogen-bond donors (Lipinski definition) is 4. The number of carboxylic acid groups (broad SMARTS) is 1. The molecule has 226 valence electrons. The van der Waals surface area contributed by atoms with E-state index in [0.29, 0.717) is 50.5 Å². The first kappa shape index (κ1) is 31.4.